The summed E-state index contributed by atoms with van der Waals surface area (Å²) in [4.78, 5) is 0. The maximum Gasteiger partial charge on any atom is 0.118 e. The molecule has 0 saturated heterocycles. The van der Waals surface area contributed by atoms with Crippen LogP contribution in [-0.4, -0.2) is 10.2 Å². The Labute approximate surface area is 109 Å². The Balaban J connectivity index is 0.000000180. The lowest BCUT2D eigenvalue weighted by molar-refractivity contribution is 0.470. The van der Waals surface area contributed by atoms with E-state index in [-0.39, 0.29) is 0 Å². The van der Waals surface area contributed by atoms with E-state index >= 15 is 0 Å². The Bertz CT molecular complexity index is 481. The molecule has 0 atom stereocenters. The minimum atomic E-state index is 0.376. The quantitative estimate of drug-likeness (QED) is 0.735. The lowest BCUT2D eigenvalue weighted by Crippen LogP contribution is -1.75. The summed E-state index contributed by atoms with van der Waals surface area (Å²) in [6.45, 7) is 7.80. The second kappa shape index (κ2) is 6.10. The van der Waals surface area contributed by atoms with Crippen LogP contribution in [0, 0.1) is 27.7 Å². The van der Waals surface area contributed by atoms with Crippen molar-refractivity contribution in [3.8, 4) is 11.5 Å². The van der Waals surface area contributed by atoms with Crippen molar-refractivity contribution in [2.45, 2.75) is 27.7 Å². The molecule has 0 aromatic heterocycles. The maximum absolute atomic E-state index is 9.04. The second-order valence-corrected chi connectivity index (χ2v) is 4.58. The van der Waals surface area contributed by atoms with Gasteiger partial charge in [0.05, 0.1) is 0 Å². The van der Waals surface area contributed by atoms with Crippen LogP contribution in [0.5, 0.6) is 11.5 Å². The van der Waals surface area contributed by atoms with Crippen LogP contribution in [0.15, 0.2) is 36.4 Å². The molecule has 2 aromatic rings. The van der Waals surface area contributed by atoms with Crippen LogP contribution in [-0.2, 0) is 0 Å². The van der Waals surface area contributed by atoms with Crippen molar-refractivity contribution in [2.75, 3.05) is 0 Å². The van der Waals surface area contributed by atoms with Crippen molar-refractivity contribution in [1.82, 2.24) is 0 Å². The first-order valence-electron chi connectivity index (χ1n) is 5.92. The highest BCUT2D eigenvalue weighted by Crippen LogP contribution is 2.16. The Morgan fingerprint density at radius 2 is 0.944 bits per heavy atom. The van der Waals surface area contributed by atoms with Gasteiger partial charge in [-0.05, 0) is 51.0 Å². The molecule has 2 N–H and O–H groups in total. The lowest BCUT2D eigenvalue weighted by Gasteiger charge is -1.97. The third-order valence-corrected chi connectivity index (χ3v) is 2.70. The van der Waals surface area contributed by atoms with Gasteiger partial charge in [0.15, 0.2) is 0 Å². The van der Waals surface area contributed by atoms with Crippen molar-refractivity contribution in [3.05, 3.63) is 58.7 Å². The molecule has 0 fully saturated rings. The zero-order valence-electron chi connectivity index (χ0n) is 11.4. The van der Waals surface area contributed by atoms with E-state index < -0.39 is 0 Å². The standard InChI is InChI=1S/2C8H10O/c2*1-6-3-4-8(9)7(2)5-6/h2*3-5,9H,1-2H3. The van der Waals surface area contributed by atoms with E-state index in [1.54, 1.807) is 12.1 Å². The number of aryl methyl sites for hydroxylation is 4. The average molecular weight is 244 g/mol. The minimum Gasteiger partial charge on any atom is -0.508 e. The van der Waals surface area contributed by atoms with E-state index in [4.69, 9.17) is 10.2 Å². The molecular weight excluding hydrogens is 224 g/mol. The molecule has 2 nitrogen and oxygen atoms in total. The molecular formula is C16H20O2. The summed E-state index contributed by atoms with van der Waals surface area (Å²) in [6.07, 6.45) is 0. The molecule has 0 aliphatic heterocycles. The topological polar surface area (TPSA) is 40.5 Å². The van der Waals surface area contributed by atoms with Gasteiger partial charge in [-0.3, -0.25) is 0 Å². The van der Waals surface area contributed by atoms with Gasteiger partial charge in [0.25, 0.3) is 0 Å². The smallest absolute Gasteiger partial charge is 0.118 e. The van der Waals surface area contributed by atoms with Gasteiger partial charge in [-0.1, -0.05) is 35.4 Å². The fourth-order valence-electron chi connectivity index (χ4n) is 1.61. The molecule has 0 bridgehead atoms. The number of benzene rings is 2. The van der Waals surface area contributed by atoms with Crippen molar-refractivity contribution in [2.24, 2.45) is 0 Å². The monoisotopic (exact) mass is 244 g/mol. The fraction of sp³-hybridized carbons (Fsp3) is 0.250. The molecule has 0 unspecified atom stereocenters. The van der Waals surface area contributed by atoms with Crippen LogP contribution in [0.2, 0.25) is 0 Å². The van der Waals surface area contributed by atoms with E-state index in [1.807, 2.05) is 52.0 Å². The van der Waals surface area contributed by atoms with Crippen molar-refractivity contribution < 1.29 is 10.2 Å². The summed E-state index contributed by atoms with van der Waals surface area (Å²) in [7, 11) is 0. The molecule has 96 valence electrons. The Hall–Kier alpha value is -1.96. The van der Waals surface area contributed by atoms with Gasteiger partial charge in [-0.15, -0.1) is 0 Å². The van der Waals surface area contributed by atoms with Gasteiger partial charge in [0, 0.05) is 0 Å². The Morgan fingerprint density at radius 3 is 1.17 bits per heavy atom. The second-order valence-electron chi connectivity index (χ2n) is 4.58. The third kappa shape index (κ3) is 4.13. The number of hydrogen-bond acceptors (Lipinski definition) is 2. The highest BCUT2D eigenvalue weighted by Gasteiger charge is 1.92. The largest absolute Gasteiger partial charge is 0.508 e. The molecule has 18 heavy (non-hydrogen) atoms. The molecule has 0 spiro atoms. The van der Waals surface area contributed by atoms with Gasteiger partial charge < -0.3 is 10.2 Å². The molecule has 0 aliphatic rings. The Morgan fingerprint density at radius 1 is 0.611 bits per heavy atom. The van der Waals surface area contributed by atoms with Crippen molar-refractivity contribution in [3.63, 3.8) is 0 Å². The van der Waals surface area contributed by atoms with Gasteiger partial charge in [0.1, 0.15) is 11.5 Å². The van der Waals surface area contributed by atoms with Gasteiger partial charge >= 0.3 is 0 Å². The van der Waals surface area contributed by atoms with E-state index in [1.165, 1.54) is 11.1 Å². The summed E-state index contributed by atoms with van der Waals surface area (Å²) in [5.41, 5.74) is 4.25. The van der Waals surface area contributed by atoms with E-state index in [0.717, 1.165) is 11.1 Å². The minimum absolute atomic E-state index is 0.376. The number of phenols is 2. The molecule has 2 rings (SSSR count). The van der Waals surface area contributed by atoms with Crippen molar-refractivity contribution in [1.29, 1.82) is 0 Å². The SMILES string of the molecule is Cc1ccc(O)c(C)c1.Cc1ccc(O)c(C)c1. The third-order valence-electron chi connectivity index (χ3n) is 2.70. The average Bonchev–Trinajstić information content (AvgIpc) is 2.30. The normalized spacial score (nSPS) is 9.56. The molecule has 2 heteroatoms. The highest BCUT2D eigenvalue weighted by atomic mass is 16.3. The molecule has 0 heterocycles. The van der Waals surface area contributed by atoms with Crippen LogP contribution >= 0.6 is 0 Å². The van der Waals surface area contributed by atoms with E-state index in [0.29, 0.717) is 11.5 Å². The molecule has 0 saturated carbocycles. The predicted octanol–water partition coefficient (Wildman–Crippen LogP) is 4.02. The summed E-state index contributed by atoms with van der Waals surface area (Å²) in [6, 6.07) is 11.1. The number of hydrogen-bond donors (Lipinski definition) is 2. The first-order valence-corrected chi connectivity index (χ1v) is 5.92. The zero-order valence-corrected chi connectivity index (χ0v) is 11.4. The first-order chi connectivity index (χ1) is 8.40. The summed E-state index contributed by atoms with van der Waals surface area (Å²) in [5.74, 6) is 0.751. The van der Waals surface area contributed by atoms with Crippen molar-refractivity contribution >= 4 is 0 Å². The number of phenolic OH excluding ortho intramolecular Hbond substituents is 2. The van der Waals surface area contributed by atoms with Gasteiger partial charge in [0.2, 0.25) is 0 Å². The Kier molecular flexibility index (Phi) is 4.78. The fourth-order valence-corrected chi connectivity index (χ4v) is 1.61. The molecule has 2 aromatic carbocycles. The molecule has 0 aliphatic carbocycles. The summed E-state index contributed by atoms with van der Waals surface area (Å²) < 4.78 is 0. The number of aromatic hydroxyl groups is 2. The van der Waals surface area contributed by atoms with Crippen LogP contribution in [0.25, 0.3) is 0 Å². The van der Waals surface area contributed by atoms with E-state index in [2.05, 4.69) is 0 Å². The first kappa shape index (κ1) is 14.1. The molecule has 0 amide bonds. The van der Waals surface area contributed by atoms with Crippen LogP contribution < -0.4 is 0 Å². The van der Waals surface area contributed by atoms with E-state index in [9.17, 15) is 0 Å². The summed E-state index contributed by atoms with van der Waals surface area (Å²) >= 11 is 0. The van der Waals surface area contributed by atoms with Crippen LogP contribution in [0.1, 0.15) is 22.3 Å². The summed E-state index contributed by atoms with van der Waals surface area (Å²) in [5, 5.41) is 18.1. The van der Waals surface area contributed by atoms with Crippen LogP contribution in [0.4, 0.5) is 0 Å². The number of rotatable bonds is 0. The maximum atomic E-state index is 9.04. The van der Waals surface area contributed by atoms with Gasteiger partial charge in [-0.25, -0.2) is 0 Å². The molecule has 0 radical (unpaired) electrons. The highest BCUT2D eigenvalue weighted by molar-refractivity contribution is 5.34. The zero-order chi connectivity index (χ0) is 13.7. The van der Waals surface area contributed by atoms with Crippen LogP contribution in [0.3, 0.4) is 0 Å². The predicted molar refractivity (Wildman–Crippen MR) is 75.2 cm³/mol. The lowest BCUT2D eigenvalue weighted by atomic mass is 10.1. The van der Waals surface area contributed by atoms with Gasteiger partial charge in [-0.2, -0.15) is 0 Å².